The molecule has 0 spiro atoms. The highest BCUT2D eigenvalue weighted by Crippen LogP contribution is 2.45. The molecule has 20 heavy (non-hydrogen) atoms. The van der Waals surface area contributed by atoms with Gasteiger partial charge in [0.15, 0.2) is 5.17 Å². The van der Waals surface area contributed by atoms with Crippen LogP contribution in [0.3, 0.4) is 0 Å². The highest BCUT2D eigenvalue weighted by Gasteiger charge is 2.42. The molecule has 0 aromatic carbocycles. The van der Waals surface area contributed by atoms with Crippen molar-refractivity contribution in [1.29, 1.82) is 0 Å². The van der Waals surface area contributed by atoms with Crippen molar-refractivity contribution in [1.82, 2.24) is 5.32 Å². The zero-order valence-electron chi connectivity index (χ0n) is 12.0. The van der Waals surface area contributed by atoms with Gasteiger partial charge in [-0.3, -0.25) is 4.79 Å². The summed E-state index contributed by atoms with van der Waals surface area (Å²) in [6, 6.07) is 0.595. The summed E-state index contributed by atoms with van der Waals surface area (Å²) in [6.45, 7) is 0. The van der Waals surface area contributed by atoms with Crippen molar-refractivity contribution in [3.8, 4) is 0 Å². The Labute approximate surface area is 125 Å². The molecular formula is C16H24N2OS. The molecule has 0 radical (unpaired) electrons. The molecule has 0 aromatic rings. The number of amides is 1. The number of thioether (sulfide) groups is 1. The summed E-state index contributed by atoms with van der Waals surface area (Å²) in [7, 11) is 0. The predicted molar refractivity (Wildman–Crippen MR) is 82.8 cm³/mol. The van der Waals surface area contributed by atoms with Crippen molar-refractivity contribution < 1.29 is 4.79 Å². The Kier molecular flexibility index (Phi) is 3.53. The molecule has 3 saturated carbocycles. The summed E-state index contributed by atoms with van der Waals surface area (Å²) in [5.74, 6) is 2.48. The van der Waals surface area contributed by atoms with Crippen LogP contribution in [0, 0.1) is 17.8 Å². The molecule has 1 unspecified atom stereocenters. The number of nitrogens with zero attached hydrogens (tertiary/aromatic N) is 1. The minimum atomic E-state index is 0.122. The summed E-state index contributed by atoms with van der Waals surface area (Å²) in [6.07, 6.45) is 11.9. The number of nitrogens with one attached hydrogen (secondary N) is 1. The maximum atomic E-state index is 12.2. The molecule has 110 valence electrons. The van der Waals surface area contributed by atoms with Crippen molar-refractivity contribution in [2.24, 2.45) is 22.7 Å². The fraction of sp³-hybridized carbons (Fsp3) is 0.875. The molecule has 3 fully saturated rings. The van der Waals surface area contributed by atoms with E-state index in [1.807, 2.05) is 0 Å². The van der Waals surface area contributed by atoms with Crippen LogP contribution < -0.4 is 5.32 Å². The highest BCUT2D eigenvalue weighted by atomic mass is 32.2. The van der Waals surface area contributed by atoms with Gasteiger partial charge in [0.05, 0.1) is 5.25 Å². The minimum Gasteiger partial charge on any atom is -0.361 e. The first-order valence-corrected chi connectivity index (χ1v) is 9.23. The molecule has 3 aliphatic carbocycles. The SMILES string of the molecule is O=C1N=C(N[C@H]2C[C@H]3CC[C@H]2C3)SC1C1CCCCC1. The van der Waals surface area contributed by atoms with E-state index >= 15 is 0 Å². The van der Waals surface area contributed by atoms with E-state index < -0.39 is 0 Å². The second-order valence-corrected chi connectivity index (χ2v) is 8.25. The van der Waals surface area contributed by atoms with Crippen LogP contribution in [0.4, 0.5) is 0 Å². The molecule has 4 aliphatic rings. The van der Waals surface area contributed by atoms with Gasteiger partial charge < -0.3 is 5.32 Å². The van der Waals surface area contributed by atoms with Gasteiger partial charge in [-0.05, 0) is 49.9 Å². The summed E-state index contributed by atoms with van der Waals surface area (Å²) in [5.41, 5.74) is 0. The first-order chi connectivity index (χ1) is 9.79. The van der Waals surface area contributed by atoms with Gasteiger partial charge in [-0.2, -0.15) is 4.99 Å². The third kappa shape index (κ3) is 2.40. The molecule has 3 nitrogen and oxygen atoms in total. The van der Waals surface area contributed by atoms with E-state index in [-0.39, 0.29) is 11.2 Å². The fourth-order valence-electron chi connectivity index (χ4n) is 4.74. The van der Waals surface area contributed by atoms with Crippen LogP contribution in [-0.2, 0) is 4.79 Å². The number of hydrogen-bond acceptors (Lipinski definition) is 3. The molecule has 1 amide bonds. The molecule has 1 heterocycles. The average molecular weight is 292 g/mol. The van der Waals surface area contributed by atoms with Crippen molar-refractivity contribution in [3.05, 3.63) is 0 Å². The van der Waals surface area contributed by atoms with Crippen LogP contribution in [0.5, 0.6) is 0 Å². The van der Waals surface area contributed by atoms with Crippen molar-refractivity contribution in [2.75, 3.05) is 0 Å². The Bertz CT molecular complexity index is 430. The molecule has 0 saturated heterocycles. The lowest BCUT2D eigenvalue weighted by atomic mass is 9.86. The van der Waals surface area contributed by atoms with Crippen LogP contribution in [0.25, 0.3) is 0 Å². The molecule has 4 atom stereocenters. The number of carbonyl (C=O) groups excluding carboxylic acids is 1. The van der Waals surface area contributed by atoms with Gasteiger partial charge in [0, 0.05) is 6.04 Å². The molecule has 0 aromatic heterocycles. The lowest BCUT2D eigenvalue weighted by molar-refractivity contribution is -0.118. The number of amidine groups is 1. The Balaban J connectivity index is 1.36. The smallest absolute Gasteiger partial charge is 0.261 e. The largest absolute Gasteiger partial charge is 0.361 e. The van der Waals surface area contributed by atoms with Crippen LogP contribution in [0.2, 0.25) is 0 Å². The van der Waals surface area contributed by atoms with Gasteiger partial charge in [-0.1, -0.05) is 37.4 Å². The topological polar surface area (TPSA) is 41.5 Å². The molecule has 4 heteroatoms. The normalized spacial score (nSPS) is 41.2. The molecule has 4 rings (SSSR count). The van der Waals surface area contributed by atoms with Crippen molar-refractivity contribution >= 4 is 22.8 Å². The van der Waals surface area contributed by atoms with Crippen molar-refractivity contribution in [2.45, 2.75) is 69.1 Å². The Morgan fingerprint density at radius 1 is 1.00 bits per heavy atom. The minimum absolute atomic E-state index is 0.122. The lowest BCUT2D eigenvalue weighted by Crippen LogP contribution is -2.37. The summed E-state index contributed by atoms with van der Waals surface area (Å²) in [5, 5.41) is 4.66. The monoisotopic (exact) mass is 292 g/mol. The van der Waals surface area contributed by atoms with Gasteiger partial charge in [-0.25, -0.2) is 0 Å². The third-order valence-electron chi connectivity index (χ3n) is 5.82. The standard InChI is InChI=1S/C16H24N2OS/c19-15-14(11-4-2-1-3-5-11)20-16(18-15)17-13-9-10-6-7-12(13)8-10/h10-14H,1-9H2,(H,17,18,19)/t10-,12-,13-,14?/m0/s1. The van der Waals surface area contributed by atoms with E-state index in [1.165, 1.54) is 57.8 Å². The first-order valence-electron chi connectivity index (χ1n) is 8.35. The third-order valence-corrected chi connectivity index (χ3v) is 7.09. The number of rotatable bonds is 2. The van der Waals surface area contributed by atoms with Gasteiger partial charge in [-0.15, -0.1) is 0 Å². The second kappa shape index (κ2) is 5.36. The Hall–Kier alpha value is -0.510. The maximum Gasteiger partial charge on any atom is 0.261 e. The molecular weight excluding hydrogens is 268 g/mol. The number of aliphatic imine (C=N–C) groups is 1. The first kappa shape index (κ1) is 13.2. The fourth-order valence-corrected chi connectivity index (χ4v) is 5.96. The van der Waals surface area contributed by atoms with Gasteiger partial charge in [0.2, 0.25) is 0 Å². The second-order valence-electron chi connectivity index (χ2n) is 7.12. The zero-order chi connectivity index (χ0) is 13.5. The van der Waals surface area contributed by atoms with Gasteiger partial charge >= 0.3 is 0 Å². The van der Waals surface area contributed by atoms with E-state index in [1.54, 1.807) is 11.8 Å². The van der Waals surface area contributed by atoms with E-state index in [0.29, 0.717) is 12.0 Å². The Morgan fingerprint density at radius 3 is 2.55 bits per heavy atom. The number of fused-ring (bicyclic) bond motifs is 2. The quantitative estimate of drug-likeness (QED) is 0.848. The van der Waals surface area contributed by atoms with E-state index in [0.717, 1.165) is 17.0 Å². The summed E-state index contributed by atoms with van der Waals surface area (Å²) >= 11 is 1.73. The van der Waals surface area contributed by atoms with Crippen LogP contribution >= 0.6 is 11.8 Å². The van der Waals surface area contributed by atoms with Crippen LogP contribution in [-0.4, -0.2) is 22.4 Å². The molecule has 2 bridgehead atoms. The summed E-state index contributed by atoms with van der Waals surface area (Å²) < 4.78 is 0. The number of hydrogen-bond donors (Lipinski definition) is 1. The van der Waals surface area contributed by atoms with Gasteiger partial charge in [0.25, 0.3) is 5.91 Å². The predicted octanol–water partition coefficient (Wildman–Crippen LogP) is 3.34. The van der Waals surface area contributed by atoms with Crippen molar-refractivity contribution in [3.63, 3.8) is 0 Å². The van der Waals surface area contributed by atoms with E-state index in [4.69, 9.17) is 0 Å². The molecule has 1 N–H and O–H groups in total. The zero-order valence-corrected chi connectivity index (χ0v) is 12.8. The van der Waals surface area contributed by atoms with E-state index in [2.05, 4.69) is 10.3 Å². The maximum absolute atomic E-state index is 12.2. The summed E-state index contributed by atoms with van der Waals surface area (Å²) in [4.78, 5) is 16.5. The molecule has 1 aliphatic heterocycles. The highest BCUT2D eigenvalue weighted by molar-refractivity contribution is 8.15. The Morgan fingerprint density at radius 2 is 1.85 bits per heavy atom. The van der Waals surface area contributed by atoms with Gasteiger partial charge in [0.1, 0.15) is 0 Å². The number of carbonyl (C=O) groups is 1. The van der Waals surface area contributed by atoms with Crippen LogP contribution in [0.1, 0.15) is 57.8 Å². The van der Waals surface area contributed by atoms with Crippen LogP contribution in [0.15, 0.2) is 4.99 Å². The lowest BCUT2D eigenvalue weighted by Gasteiger charge is -2.26. The van der Waals surface area contributed by atoms with E-state index in [9.17, 15) is 4.79 Å². The average Bonchev–Trinajstić information content (AvgIpc) is 3.16.